The summed E-state index contributed by atoms with van der Waals surface area (Å²) in [4.78, 5) is 13.1. The molecule has 94 valence electrons. The SMILES string of the molecule is CNC(=O)N(C)Cc1cc(C)cc(C)c1OC. The molecular weight excluding hydrogens is 216 g/mol. The van der Waals surface area contributed by atoms with E-state index in [1.807, 2.05) is 19.9 Å². The summed E-state index contributed by atoms with van der Waals surface area (Å²) in [5.74, 6) is 0.853. The van der Waals surface area contributed by atoms with E-state index < -0.39 is 0 Å². The van der Waals surface area contributed by atoms with Crippen molar-refractivity contribution < 1.29 is 9.53 Å². The van der Waals surface area contributed by atoms with Gasteiger partial charge in [0.05, 0.1) is 13.7 Å². The van der Waals surface area contributed by atoms with Gasteiger partial charge in [-0.05, 0) is 19.4 Å². The number of rotatable bonds is 3. The Morgan fingerprint density at radius 3 is 2.59 bits per heavy atom. The third kappa shape index (κ3) is 3.12. The Labute approximate surface area is 103 Å². The third-order valence-electron chi connectivity index (χ3n) is 2.67. The zero-order chi connectivity index (χ0) is 13.0. The Hall–Kier alpha value is -1.71. The number of carbonyl (C=O) groups excluding carboxylic acids is 1. The van der Waals surface area contributed by atoms with Crippen LogP contribution in [0.3, 0.4) is 0 Å². The van der Waals surface area contributed by atoms with E-state index in [9.17, 15) is 4.79 Å². The van der Waals surface area contributed by atoms with Crippen molar-refractivity contribution in [3.63, 3.8) is 0 Å². The zero-order valence-corrected chi connectivity index (χ0v) is 11.1. The van der Waals surface area contributed by atoms with Gasteiger partial charge in [-0.3, -0.25) is 0 Å². The molecule has 0 aliphatic heterocycles. The van der Waals surface area contributed by atoms with Gasteiger partial charge in [0.1, 0.15) is 5.75 Å². The van der Waals surface area contributed by atoms with Crippen LogP contribution in [0.4, 0.5) is 4.79 Å². The average molecular weight is 236 g/mol. The topological polar surface area (TPSA) is 41.6 Å². The number of nitrogens with zero attached hydrogens (tertiary/aromatic N) is 1. The summed E-state index contributed by atoms with van der Waals surface area (Å²) >= 11 is 0. The molecule has 0 heterocycles. The molecular formula is C13H20N2O2. The average Bonchev–Trinajstić information content (AvgIpc) is 2.27. The maximum absolute atomic E-state index is 11.5. The number of hydrogen-bond acceptors (Lipinski definition) is 2. The lowest BCUT2D eigenvalue weighted by Gasteiger charge is -2.19. The second-order valence-corrected chi connectivity index (χ2v) is 4.19. The Morgan fingerprint density at radius 2 is 2.06 bits per heavy atom. The molecule has 2 amide bonds. The molecule has 0 spiro atoms. The van der Waals surface area contributed by atoms with Gasteiger partial charge in [-0.1, -0.05) is 17.7 Å². The van der Waals surface area contributed by atoms with Crippen LogP contribution in [-0.4, -0.2) is 32.1 Å². The molecule has 0 atom stereocenters. The van der Waals surface area contributed by atoms with Gasteiger partial charge >= 0.3 is 6.03 Å². The Kier molecular flexibility index (Phi) is 4.37. The van der Waals surface area contributed by atoms with Crippen molar-refractivity contribution in [2.24, 2.45) is 0 Å². The van der Waals surface area contributed by atoms with E-state index in [1.54, 1.807) is 26.1 Å². The number of nitrogens with one attached hydrogen (secondary N) is 1. The minimum absolute atomic E-state index is 0.105. The molecule has 0 saturated heterocycles. The fraction of sp³-hybridized carbons (Fsp3) is 0.462. The van der Waals surface area contributed by atoms with Gasteiger partial charge in [0.2, 0.25) is 0 Å². The smallest absolute Gasteiger partial charge is 0.317 e. The van der Waals surface area contributed by atoms with Crippen LogP contribution in [-0.2, 0) is 6.54 Å². The number of amides is 2. The van der Waals surface area contributed by atoms with Crippen molar-refractivity contribution in [2.75, 3.05) is 21.2 Å². The van der Waals surface area contributed by atoms with Crippen molar-refractivity contribution in [1.29, 1.82) is 0 Å². The van der Waals surface area contributed by atoms with Crippen LogP contribution in [0.15, 0.2) is 12.1 Å². The van der Waals surface area contributed by atoms with Gasteiger partial charge in [-0.25, -0.2) is 4.79 Å². The highest BCUT2D eigenvalue weighted by Gasteiger charge is 2.12. The predicted octanol–water partition coefficient (Wildman–Crippen LogP) is 2.08. The lowest BCUT2D eigenvalue weighted by molar-refractivity contribution is 0.208. The van der Waals surface area contributed by atoms with E-state index in [0.717, 1.165) is 16.9 Å². The van der Waals surface area contributed by atoms with Crippen LogP contribution in [0, 0.1) is 13.8 Å². The first kappa shape index (κ1) is 13.4. The molecule has 4 nitrogen and oxygen atoms in total. The number of aryl methyl sites for hydroxylation is 2. The fourth-order valence-corrected chi connectivity index (χ4v) is 1.97. The van der Waals surface area contributed by atoms with Gasteiger partial charge in [0.15, 0.2) is 0 Å². The molecule has 0 bridgehead atoms. The summed E-state index contributed by atoms with van der Waals surface area (Å²) < 4.78 is 5.39. The summed E-state index contributed by atoms with van der Waals surface area (Å²) in [6, 6.07) is 4.01. The molecule has 0 aromatic heterocycles. The van der Waals surface area contributed by atoms with Crippen molar-refractivity contribution in [3.8, 4) is 5.75 Å². The summed E-state index contributed by atoms with van der Waals surface area (Å²) in [5.41, 5.74) is 3.28. The number of urea groups is 1. The van der Waals surface area contributed by atoms with E-state index in [-0.39, 0.29) is 6.03 Å². The lowest BCUT2D eigenvalue weighted by atomic mass is 10.1. The number of carbonyl (C=O) groups is 1. The molecule has 0 saturated carbocycles. The zero-order valence-electron chi connectivity index (χ0n) is 11.1. The predicted molar refractivity (Wildman–Crippen MR) is 68.4 cm³/mol. The van der Waals surface area contributed by atoms with Gasteiger partial charge in [0.25, 0.3) is 0 Å². The van der Waals surface area contributed by atoms with E-state index in [0.29, 0.717) is 6.54 Å². The standard InChI is InChI=1S/C13H20N2O2/c1-9-6-10(2)12(17-5)11(7-9)8-15(4)13(16)14-3/h6-7H,8H2,1-5H3,(H,14,16). The quantitative estimate of drug-likeness (QED) is 0.873. The normalized spacial score (nSPS) is 9.94. The summed E-state index contributed by atoms with van der Waals surface area (Å²) in [7, 11) is 5.04. The minimum atomic E-state index is -0.105. The monoisotopic (exact) mass is 236 g/mol. The molecule has 1 N–H and O–H groups in total. The number of benzene rings is 1. The second kappa shape index (κ2) is 5.57. The lowest BCUT2D eigenvalue weighted by Crippen LogP contribution is -2.34. The first-order chi connectivity index (χ1) is 7.99. The van der Waals surface area contributed by atoms with Gasteiger partial charge < -0.3 is 15.0 Å². The number of ether oxygens (including phenoxy) is 1. The van der Waals surface area contributed by atoms with Gasteiger partial charge in [-0.2, -0.15) is 0 Å². The van der Waals surface area contributed by atoms with E-state index in [4.69, 9.17) is 4.74 Å². The number of methoxy groups -OCH3 is 1. The Morgan fingerprint density at radius 1 is 1.41 bits per heavy atom. The maximum atomic E-state index is 11.5. The second-order valence-electron chi connectivity index (χ2n) is 4.19. The molecule has 4 heteroatoms. The van der Waals surface area contributed by atoms with Crippen molar-refractivity contribution in [3.05, 3.63) is 28.8 Å². The van der Waals surface area contributed by atoms with Crippen molar-refractivity contribution in [1.82, 2.24) is 10.2 Å². The molecule has 0 aliphatic rings. The van der Waals surface area contributed by atoms with E-state index >= 15 is 0 Å². The van der Waals surface area contributed by atoms with Gasteiger partial charge in [0, 0.05) is 19.7 Å². The van der Waals surface area contributed by atoms with Crippen molar-refractivity contribution >= 4 is 6.03 Å². The van der Waals surface area contributed by atoms with Crippen LogP contribution >= 0.6 is 0 Å². The van der Waals surface area contributed by atoms with E-state index in [2.05, 4.69) is 11.4 Å². The summed E-state index contributed by atoms with van der Waals surface area (Å²) in [6.07, 6.45) is 0. The van der Waals surface area contributed by atoms with Gasteiger partial charge in [-0.15, -0.1) is 0 Å². The Bertz CT molecular complexity index is 416. The molecule has 1 aromatic carbocycles. The highest BCUT2D eigenvalue weighted by atomic mass is 16.5. The molecule has 1 aromatic rings. The maximum Gasteiger partial charge on any atom is 0.317 e. The molecule has 1 rings (SSSR count). The van der Waals surface area contributed by atoms with Crippen LogP contribution < -0.4 is 10.1 Å². The van der Waals surface area contributed by atoms with Crippen LogP contribution in [0.1, 0.15) is 16.7 Å². The third-order valence-corrected chi connectivity index (χ3v) is 2.67. The highest BCUT2D eigenvalue weighted by Crippen LogP contribution is 2.25. The van der Waals surface area contributed by atoms with E-state index in [1.165, 1.54) is 5.56 Å². The largest absolute Gasteiger partial charge is 0.496 e. The molecule has 17 heavy (non-hydrogen) atoms. The first-order valence-corrected chi connectivity index (χ1v) is 5.56. The molecule has 0 aliphatic carbocycles. The molecule has 0 unspecified atom stereocenters. The molecule has 0 fully saturated rings. The highest BCUT2D eigenvalue weighted by molar-refractivity contribution is 5.73. The Balaban J connectivity index is 3.01. The first-order valence-electron chi connectivity index (χ1n) is 5.56. The van der Waals surface area contributed by atoms with Crippen LogP contribution in [0.25, 0.3) is 0 Å². The summed E-state index contributed by atoms with van der Waals surface area (Å²) in [6.45, 7) is 4.58. The summed E-state index contributed by atoms with van der Waals surface area (Å²) in [5, 5.41) is 2.60. The minimum Gasteiger partial charge on any atom is -0.496 e. The van der Waals surface area contributed by atoms with Crippen molar-refractivity contribution in [2.45, 2.75) is 20.4 Å². The van der Waals surface area contributed by atoms with Crippen LogP contribution in [0.5, 0.6) is 5.75 Å². The fourth-order valence-electron chi connectivity index (χ4n) is 1.97. The molecule has 0 radical (unpaired) electrons. The van der Waals surface area contributed by atoms with Crippen LogP contribution in [0.2, 0.25) is 0 Å². The number of hydrogen-bond donors (Lipinski definition) is 1.